The topological polar surface area (TPSA) is 41.0 Å². The molecule has 1 aromatic rings. The normalized spacial score (nSPS) is 27.6. The monoisotopic (exact) mass is 246 g/mol. The van der Waals surface area contributed by atoms with Gasteiger partial charge in [0, 0.05) is 36.8 Å². The number of aromatic nitrogens is 2. The Bertz CT molecular complexity index is 424. The van der Waals surface area contributed by atoms with Gasteiger partial charge in [-0.25, -0.2) is 9.97 Å². The maximum atomic E-state index is 4.45. The summed E-state index contributed by atoms with van der Waals surface area (Å²) in [6, 6.07) is 2.16. The van der Waals surface area contributed by atoms with Gasteiger partial charge in [0.2, 0.25) is 0 Å². The van der Waals surface area contributed by atoms with E-state index in [0.29, 0.717) is 11.3 Å². The second-order valence-corrected chi connectivity index (χ2v) is 6.05. The van der Waals surface area contributed by atoms with E-state index in [9.17, 15) is 0 Å². The first-order chi connectivity index (χ1) is 8.69. The molecule has 18 heavy (non-hydrogen) atoms. The highest BCUT2D eigenvalue weighted by molar-refractivity contribution is 5.41. The first-order valence-electron chi connectivity index (χ1n) is 6.96. The van der Waals surface area contributed by atoms with Gasteiger partial charge < -0.3 is 10.2 Å². The van der Waals surface area contributed by atoms with Crippen molar-refractivity contribution < 1.29 is 0 Å². The zero-order valence-electron chi connectivity index (χ0n) is 11.3. The van der Waals surface area contributed by atoms with Crippen molar-refractivity contribution in [3.63, 3.8) is 0 Å². The third-order valence-electron chi connectivity index (χ3n) is 4.36. The van der Waals surface area contributed by atoms with Crippen molar-refractivity contribution in [3.8, 4) is 0 Å². The summed E-state index contributed by atoms with van der Waals surface area (Å²) in [5.41, 5.74) is 1.65. The molecule has 0 aliphatic carbocycles. The molecule has 4 heteroatoms. The van der Waals surface area contributed by atoms with Gasteiger partial charge in [-0.05, 0) is 25.3 Å². The van der Waals surface area contributed by atoms with E-state index in [2.05, 4.69) is 40.1 Å². The molecule has 0 amide bonds. The van der Waals surface area contributed by atoms with Gasteiger partial charge in [0.15, 0.2) is 0 Å². The van der Waals surface area contributed by atoms with Crippen LogP contribution in [-0.2, 0) is 0 Å². The largest absolute Gasteiger partial charge is 0.356 e. The molecule has 2 aliphatic heterocycles. The van der Waals surface area contributed by atoms with Crippen LogP contribution in [0.15, 0.2) is 12.4 Å². The quantitative estimate of drug-likeness (QED) is 0.864. The summed E-state index contributed by atoms with van der Waals surface area (Å²) in [5.74, 6) is 1.58. The Morgan fingerprint density at radius 3 is 2.94 bits per heavy atom. The predicted molar refractivity (Wildman–Crippen MR) is 72.9 cm³/mol. The minimum Gasteiger partial charge on any atom is -0.356 e. The second-order valence-electron chi connectivity index (χ2n) is 6.05. The fourth-order valence-electron chi connectivity index (χ4n) is 3.12. The van der Waals surface area contributed by atoms with Crippen LogP contribution in [-0.4, -0.2) is 36.1 Å². The lowest BCUT2D eigenvalue weighted by Gasteiger charge is -2.23. The number of nitrogens with zero attached hydrogens (tertiary/aromatic N) is 3. The van der Waals surface area contributed by atoms with E-state index < -0.39 is 0 Å². The summed E-state index contributed by atoms with van der Waals surface area (Å²) in [6.45, 7) is 8.99. The minimum atomic E-state index is 0.469. The van der Waals surface area contributed by atoms with E-state index in [4.69, 9.17) is 0 Å². The Morgan fingerprint density at radius 1 is 1.33 bits per heavy atom. The molecule has 1 atom stereocenters. The van der Waals surface area contributed by atoms with Gasteiger partial charge in [0.05, 0.1) is 0 Å². The van der Waals surface area contributed by atoms with E-state index in [-0.39, 0.29) is 0 Å². The lowest BCUT2D eigenvalue weighted by Crippen LogP contribution is -2.29. The molecule has 2 saturated heterocycles. The van der Waals surface area contributed by atoms with Crippen molar-refractivity contribution in [1.29, 1.82) is 0 Å². The smallest absolute Gasteiger partial charge is 0.132 e. The highest BCUT2D eigenvalue weighted by Gasteiger charge is 2.40. The average molecular weight is 246 g/mol. The van der Waals surface area contributed by atoms with Gasteiger partial charge in [0.25, 0.3) is 0 Å². The lowest BCUT2D eigenvalue weighted by molar-refractivity contribution is 0.369. The molecule has 3 rings (SSSR count). The van der Waals surface area contributed by atoms with E-state index >= 15 is 0 Å². The highest BCUT2D eigenvalue weighted by Crippen LogP contribution is 2.37. The summed E-state index contributed by atoms with van der Waals surface area (Å²) < 4.78 is 0. The number of nitrogens with one attached hydrogen (secondary N) is 1. The van der Waals surface area contributed by atoms with Gasteiger partial charge in [-0.3, -0.25) is 0 Å². The summed E-state index contributed by atoms with van der Waals surface area (Å²) in [7, 11) is 0. The summed E-state index contributed by atoms with van der Waals surface area (Å²) >= 11 is 0. The molecule has 1 N–H and O–H groups in total. The molecular weight excluding hydrogens is 224 g/mol. The second kappa shape index (κ2) is 4.50. The van der Waals surface area contributed by atoms with Crippen LogP contribution in [0.2, 0.25) is 0 Å². The summed E-state index contributed by atoms with van der Waals surface area (Å²) in [5, 5.41) is 3.50. The maximum Gasteiger partial charge on any atom is 0.132 e. The van der Waals surface area contributed by atoms with Crippen LogP contribution >= 0.6 is 0 Å². The van der Waals surface area contributed by atoms with Crippen molar-refractivity contribution in [3.05, 3.63) is 18.1 Å². The van der Waals surface area contributed by atoms with Crippen molar-refractivity contribution in [1.82, 2.24) is 15.3 Å². The van der Waals surface area contributed by atoms with Crippen molar-refractivity contribution in [2.75, 3.05) is 31.1 Å². The van der Waals surface area contributed by atoms with Gasteiger partial charge in [0.1, 0.15) is 12.1 Å². The standard InChI is InChI=1S/C14H22N4/c1-11(2)12-7-13(17-10-16-12)18-6-4-14(9-18)3-5-15-8-14/h7,10-11,15H,3-6,8-9H2,1-2H3. The van der Waals surface area contributed by atoms with E-state index in [1.165, 1.54) is 25.9 Å². The van der Waals surface area contributed by atoms with Crippen molar-refractivity contribution in [2.45, 2.75) is 32.6 Å². The minimum absolute atomic E-state index is 0.469. The fourth-order valence-corrected chi connectivity index (χ4v) is 3.12. The van der Waals surface area contributed by atoms with Crippen LogP contribution in [0.5, 0.6) is 0 Å². The maximum absolute atomic E-state index is 4.45. The molecule has 4 nitrogen and oxygen atoms in total. The first-order valence-corrected chi connectivity index (χ1v) is 6.96. The zero-order valence-corrected chi connectivity index (χ0v) is 11.3. The Labute approximate surface area is 109 Å². The number of anilines is 1. The summed E-state index contributed by atoms with van der Waals surface area (Å²) in [4.78, 5) is 11.2. The van der Waals surface area contributed by atoms with Gasteiger partial charge in [-0.15, -0.1) is 0 Å². The van der Waals surface area contributed by atoms with Crippen LogP contribution in [0.4, 0.5) is 5.82 Å². The van der Waals surface area contributed by atoms with Crippen LogP contribution in [0.3, 0.4) is 0 Å². The molecule has 3 heterocycles. The Balaban J connectivity index is 1.78. The Hall–Kier alpha value is -1.16. The molecule has 98 valence electrons. The molecule has 1 unspecified atom stereocenters. The molecule has 1 aromatic heterocycles. The molecule has 0 aromatic carbocycles. The van der Waals surface area contributed by atoms with E-state index in [0.717, 1.165) is 24.6 Å². The summed E-state index contributed by atoms with van der Waals surface area (Å²) in [6.07, 6.45) is 4.31. The van der Waals surface area contributed by atoms with E-state index in [1.807, 2.05) is 0 Å². The molecule has 0 radical (unpaired) electrons. The van der Waals surface area contributed by atoms with Crippen LogP contribution in [0, 0.1) is 5.41 Å². The van der Waals surface area contributed by atoms with Crippen molar-refractivity contribution >= 4 is 5.82 Å². The Kier molecular flexibility index (Phi) is 2.98. The molecule has 0 bridgehead atoms. The van der Waals surface area contributed by atoms with Gasteiger partial charge >= 0.3 is 0 Å². The molecule has 2 aliphatic rings. The molecule has 1 spiro atoms. The zero-order chi connectivity index (χ0) is 12.6. The molecule has 0 saturated carbocycles. The fraction of sp³-hybridized carbons (Fsp3) is 0.714. The highest BCUT2D eigenvalue weighted by atomic mass is 15.2. The number of rotatable bonds is 2. The van der Waals surface area contributed by atoms with Gasteiger partial charge in [-0.2, -0.15) is 0 Å². The van der Waals surface area contributed by atoms with Crippen LogP contribution in [0.25, 0.3) is 0 Å². The van der Waals surface area contributed by atoms with Crippen LogP contribution in [0.1, 0.15) is 38.3 Å². The molecular formula is C14H22N4. The first kappa shape index (κ1) is 11.9. The third kappa shape index (κ3) is 2.09. The predicted octanol–water partition coefficient (Wildman–Crippen LogP) is 1.79. The Morgan fingerprint density at radius 2 is 2.22 bits per heavy atom. The third-order valence-corrected chi connectivity index (χ3v) is 4.36. The SMILES string of the molecule is CC(C)c1cc(N2CCC3(CCNC3)C2)ncn1. The molecule has 2 fully saturated rings. The average Bonchev–Trinajstić information content (AvgIpc) is 3.01. The number of hydrogen-bond acceptors (Lipinski definition) is 4. The van der Waals surface area contributed by atoms with Crippen LogP contribution < -0.4 is 10.2 Å². The number of hydrogen-bond donors (Lipinski definition) is 1. The van der Waals surface area contributed by atoms with Gasteiger partial charge in [-0.1, -0.05) is 13.8 Å². The van der Waals surface area contributed by atoms with Crippen molar-refractivity contribution in [2.24, 2.45) is 5.41 Å². The van der Waals surface area contributed by atoms with E-state index in [1.54, 1.807) is 6.33 Å². The lowest BCUT2D eigenvalue weighted by atomic mass is 9.87.